The van der Waals surface area contributed by atoms with Gasteiger partial charge in [0.2, 0.25) is 0 Å². The molecule has 0 radical (unpaired) electrons. The second kappa shape index (κ2) is 5.06. The second-order valence-corrected chi connectivity index (χ2v) is 3.81. The van der Waals surface area contributed by atoms with E-state index in [0.29, 0.717) is 6.42 Å². The van der Waals surface area contributed by atoms with Crippen molar-refractivity contribution in [2.24, 2.45) is 0 Å². The van der Waals surface area contributed by atoms with Crippen LogP contribution in [0.25, 0.3) is 10.8 Å². The molecule has 3 heteroatoms. The van der Waals surface area contributed by atoms with Gasteiger partial charge < -0.3 is 14.6 Å². The van der Waals surface area contributed by atoms with E-state index in [1.165, 1.54) is 0 Å². The van der Waals surface area contributed by atoms with Crippen LogP contribution in [0.1, 0.15) is 5.56 Å². The molecule has 0 aromatic heterocycles. The minimum absolute atomic E-state index is 0.104. The van der Waals surface area contributed by atoms with Gasteiger partial charge in [0.25, 0.3) is 0 Å². The summed E-state index contributed by atoms with van der Waals surface area (Å²) in [5, 5.41) is 11.3. The van der Waals surface area contributed by atoms with E-state index < -0.39 is 0 Å². The van der Waals surface area contributed by atoms with Crippen molar-refractivity contribution in [1.82, 2.24) is 0 Å². The van der Waals surface area contributed by atoms with Crippen molar-refractivity contribution >= 4 is 10.8 Å². The summed E-state index contributed by atoms with van der Waals surface area (Å²) in [6.07, 6.45) is 0.577. The summed E-state index contributed by atoms with van der Waals surface area (Å²) in [6, 6.07) is 9.85. The molecular weight excluding hydrogens is 216 g/mol. The Bertz CT molecular complexity index is 515. The lowest BCUT2D eigenvalue weighted by molar-refractivity contribution is 0.297. The highest BCUT2D eigenvalue weighted by Gasteiger charge is 2.08. The van der Waals surface area contributed by atoms with Crippen molar-refractivity contribution in [3.63, 3.8) is 0 Å². The van der Waals surface area contributed by atoms with Crippen LogP contribution >= 0.6 is 0 Å². The average Bonchev–Trinajstić information content (AvgIpc) is 2.39. The molecule has 0 unspecified atom stereocenters. The highest BCUT2D eigenvalue weighted by Crippen LogP contribution is 2.30. The van der Waals surface area contributed by atoms with E-state index in [9.17, 15) is 0 Å². The first kappa shape index (κ1) is 11.7. The number of hydrogen-bond acceptors (Lipinski definition) is 3. The molecule has 17 heavy (non-hydrogen) atoms. The van der Waals surface area contributed by atoms with Crippen molar-refractivity contribution in [3.05, 3.63) is 35.9 Å². The fourth-order valence-electron chi connectivity index (χ4n) is 2.03. The number of methoxy groups -OCH3 is 2. The molecule has 0 atom stereocenters. The van der Waals surface area contributed by atoms with Gasteiger partial charge in [-0.2, -0.15) is 0 Å². The quantitative estimate of drug-likeness (QED) is 0.879. The smallest absolute Gasteiger partial charge is 0.122 e. The van der Waals surface area contributed by atoms with Crippen molar-refractivity contribution in [1.29, 1.82) is 0 Å². The van der Waals surface area contributed by atoms with Gasteiger partial charge in [0.1, 0.15) is 11.5 Å². The maximum atomic E-state index is 9.14. The minimum atomic E-state index is 0.104. The molecule has 0 heterocycles. The van der Waals surface area contributed by atoms with Gasteiger partial charge in [-0.3, -0.25) is 0 Å². The van der Waals surface area contributed by atoms with E-state index in [1.54, 1.807) is 14.2 Å². The van der Waals surface area contributed by atoms with Crippen LogP contribution in [0, 0.1) is 0 Å². The van der Waals surface area contributed by atoms with E-state index in [4.69, 9.17) is 14.6 Å². The minimum Gasteiger partial charge on any atom is -0.497 e. The molecule has 0 amide bonds. The number of aliphatic hydroxyl groups excluding tert-OH is 1. The summed E-state index contributed by atoms with van der Waals surface area (Å²) in [7, 11) is 3.29. The summed E-state index contributed by atoms with van der Waals surface area (Å²) in [6.45, 7) is 0.104. The summed E-state index contributed by atoms with van der Waals surface area (Å²) in [5.74, 6) is 1.62. The van der Waals surface area contributed by atoms with Crippen LogP contribution < -0.4 is 9.47 Å². The molecule has 0 aliphatic rings. The Morgan fingerprint density at radius 2 is 1.82 bits per heavy atom. The number of benzene rings is 2. The molecular formula is C14H16O3. The largest absolute Gasteiger partial charge is 0.497 e. The Hall–Kier alpha value is -1.74. The number of fused-ring (bicyclic) bond motifs is 1. The summed E-state index contributed by atoms with van der Waals surface area (Å²) < 4.78 is 10.6. The van der Waals surface area contributed by atoms with Gasteiger partial charge in [-0.15, -0.1) is 0 Å². The van der Waals surface area contributed by atoms with E-state index in [1.807, 2.05) is 30.3 Å². The SMILES string of the molecule is COc1ccc2ccc(OC)c(CCO)c2c1. The van der Waals surface area contributed by atoms with Gasteiger partial charge in [0.15, 0.2) is 0 Å². The van der Waals surface area contributed by atoms with Crippen LogP contribution in [0.2, 0.25) is 0 Å². The van der Waals surface area contributed by atoms with Crippen LogP contribution in [0.4, 0.5) is 0 Å². The summed E-state index contributed by atoms with van der Waals surface area (Å²) >= 11 is 0. The first-order valence-electron chi connectivity index (χ1n) is 5.54. The van der Waals surface area contributed by atoms with Crippen LogP contribution in [-0.4, -0.2) is 25.9 Å². The molecule has 1 N–H and O–H groups in total. The predicted molar refractivity (Wildman–Crippen MR) is 67.8 cm³/mol. The molecule has 0 aliphatic carbocycles. The van der Waals surface area contributed by atoms with Crippen molar-refractivity contribution in [2.75, 3.05) is 20.8 Å². The fraction of sp³-hybridized carbons (Fsp3) is 0.286. The molecule has 0 saturated carbocycles. The maximum Gasteiger partial charge on any atom is 0.122 e. The first-order chi connectivity index (χ1) is 8.30. The van der Waals surface area contributed by atoms with Crippen molar-refractivity contribution in [2.45, 2.75) is 6.42 Å². The topological polar surface area (TPSA) is 38.7 Å². The van der Waals surface area contributed by atoms with Gasteiger partial charge in [-0.05, 0) is 35.4 Å². The Kier molecular flexibility index (Phi) is 3.49. The molecule has 2 aromatic rings. The third kappa shape index (κ3) is 2.19. The zero-order valence-corrected chi connectivity index (χ0v) is 10.1. The molecule has 2 aromatic carbocycles. The zero-order valence-electron chi connectivity index (χ0n) is 10.1. The van der Waals surface area contributed by atoms with Crippen molar-refractivity contribution in [3.8, 4) is 11.5 Å². The van der Waals surface area contributed by atoms with E-state index in [-0.39, 0.29) is 6.61 Å². The lowest BCUT2D eigenvalue weighted by atomic mass is 10.0. The Labute approximate surface area is 101 Å². The number of hydrogen-bond donors (Lipinski definition) is 1. The molecule has 0 aliphatic heterocycles. The van der Waals surface area contributed by atoms with Gasteiger partial charge >= 0.3 is 0 Å². The summed E-state index contributed by atoms with van der Waals surface area (Å²) in [5.41, 5.74) is 1.02. The Morgan fingerprint density at radius 1 is 1.06 bits per heavy atom. The van der Waals surface area contributed by atoms with Gasteiger partial charge in [-0.1, -0.05) is 12.1 Å². The number of ether oxygens (including phenoxy) is 2. The van der Waals surface area contributed by atoms with Crippen LogP contribution in [0.5, 0.6) is 11.5 Å². The Balaban J connectivity index is 2.67. The average molecular weight is 232 g/mol. The van der Waals surface area contributed by atoms with Gasteiger partial charge in [0, 0.05) is 12.2 Å². The highest BCUT2D eigenvalue weighted by atomic mass is 16.5. The molecule has 0 spiro atoms. The van der Waals surface area contributed by atoms with Crippen LogP contribution in [0.15, 0.2) is 30.3 Å². The standard InChI is InChI=1S/C14H16O3/c1-16-11-5-3-10-4-6-14(17-2)12(7-8-15)13(10)9-11/h3-6,9,15H,7-8H2,1-2H3. The Morgan fingerprint density at radius 3 is 2.47 bits per heavy atom. The third-order valence-electron chi connectivity index (χ3n) is 2.88. The molecule has 0 bridgehead atoms. The van der Waals surface area contributed by atoms with Gasteiger partial charge in [-0.25, -0.2) is 0 Å². The molecule has 0 saturated heterocycles. The number of rotatable bonds is 4. The lowest BCUT2D eigenvalue weighted by Crippen LogP contribution is -1.97. The second-order valence-electron chi connectivity index (χ2n) is 3.81. The lowest BCUT2D eigenvalue weighted by Gasteiger charge is -2.12. The van der Waals surface area contributed by atoms with E-state index in [2.05, 4.69) is 0 Å². The monoisotopic (exact) mass is 232 g/mol. The first-order valence-corrected chi connectivity index (χ1v) is 5.54. The van der Waals surface area contributed by atoms with Gasteiger partial charge in [0.05, 0.1) is 14.2 Å². The maximum absolute atomic E-state index is 9.14. The van der Waals surface area contributed by atoms with E-state index in [0.717, 1.165) is 27.8 Å². The number of aliphatic hydroxyl groups is 1. The molecule has 3 nitrogen and oxygen atoms in total. The summed E-state index contributed by atoms with van der Waals surface area (Å²) in [4.78, 5) is 0. The van der Waals surface area contributed by atoms with Crippen LogP contribution in [0.3, 0.4) is 0 Å². The highest BCUT2D eigenvalue weighted by molar-refractivity contribution is 5.89. The third-order valence-corrected chi connectivity index (χ3v) is 2.88. The molecule has 0 fully saturated rings. The zero-order chi connectivity index (χ0) is 12.3. The fourth-order valence-corrected chi connectivity index (χ4v) is 2.03. The molecule has 2 rings (SSSR count). The predicted octanol–water partition coefficient (Wildman–Crippen LogP) is 2.39. The normalized spacial score (nSPS) is 10.5. The van der Waals surface area contributed by atoms with E-state index >= 15 is 0 Å². The molecule has 90 valence electrons. The van der Waals surface area contributed by atoms with Crippen LogP contribution in [-0.2, 0) is 6.42 Å². The van der Waals surface area contributed by atoms with Crippen molar-refractivity contribution < 1.29 is 14.6 Å².